The number of aryl methyl sites for hydroxylation is 1. The zero-order valence-corrected chi connectivity index (χ0v) is 21.1. The molecule has 1 unspecified atom stereocenters. The Morgan fingerprint density at radius 2 is 1.89 bits per heavy atom. The number of halogens is 3. The molecule has 184 valence electrons. The van der Waals surface area contributed by atoms with E-state index in [9.17, 15) is 18.0 Å². The lowest BCUT2D eigenvalue weighted by molar-refractivity contribution is -0.142. The molecule has 0 aliphatic heterocycles. The molecule has 2 aromatic carbocycles. The highest BCUT2D eigenvalue weighted by Crippen LogP contribution is 2.35. The first-order valence-corrected chi connectivity index (χ1v) is 12.8. The number of thiazole rings is 1. The zero-order chi connectivity index (χ0) is 25.2. The Balaban J connectivity index is 1.42. The number of hydrogen-bond donors (Lipinski definition) is 0. The van der Waals surface area contributed by atoms with Crippen LogP contribution in [-0.4, -0.2) is 24.2 Å². The molecule has 0 fully saturated rings. The number of carbonyl (C=O) groups is 1. The van der Waals surface area contributed by atoms with Gasteiger partial charge in [-0.1, -0.05) is 19.1 Å². The Hall–Kier alpha value is -2.91. The fraction of sp³-hybridized carbons (Fsp3) is 0.308. The van der Waals surface area contributed by atoms with Crippen LogP contribution in [-0.2, 0) is 22.1 Å². The number of ether oxygens (including phenoxy) is 2. The van der Waals surface area contributed by atoms with Crippen LogP contribution in [0.4, 0.5) is 13.2 Å². The van der Waals surface area contributed by atoms with Crippen molar-refractivity contribution in [1.82, 2.24) is 4.98 Å². The Bertz CT molecular complexity index is 1330. The molecule has 0 saturated carbocycles. The number of aromatic nitrogens is 1. The van der Waals surface area contributed by atoms with Gasteiger partial charge >= 0.3 is 12.1 Å². The number of hydrogen-bond acceptors (Lipinski definition) is 6. The second kappa shape index (κ2) is 10.4. The maximum Gasteiger partial charge on any atom is 0.416 e. The summed E-state index contributed by atoms with van der Waals surface area (Å²) in [6, 6.07) is 10.9. The third-order valence-electron chi connectivity index (χ3n) is 5.53. The van der Waals surface area contributed by atoms with Crippen molar-refractivity contribution in [3.8, 4) is 16.3 Å². The molecule has 0 aliphatic carbocycles. The maximum absolute atomic E-state index is 12.8. The number of thiophene rings is 1. The van der Waals surface area contributed by atoms with Gasteiger partial charge in [0, 0.05) is 21.1 Å². The molecule has 4 aromatic rings. The summed E-state index contributed by atoms with van der Waals surface area (Å²) >= 11 is 3.02. The summed E-state index contributed by atoms with van der Waals surface area (Å²) in [6.45, 7) is 6.53. The normalized spacial score (nSPS) is 12.6. The van der Waals surface area contributed by atoms with E-state index in [1.165, 1.54) is 23.5 Å². The third kappa shape index (κ3) is 5.85. The van der Waals surface area contributed by atoms with Gasteiger partial charge in [-0.15, -0.1) is 22.7 Å². The first-order chi connectivity index (χ1) is 16.7. The van der Waals surface area contributed by atoms with Crippen LogP contribution < -0.4 is 4.74 Å². The lowest BCUT2D eigenvalue weighted by atomic mass is 10.1. The van der Waals surface area contributed by atoms with Crippen molar-refractivity contribution in [1.29, 1.82) is 0 Å². The molecule has 0 N–H and O–H groups in total. The van der Waals surface area contributed by atoms with Crippen molar-refractivity contribution in [3.63, 3.8) is 0 Å². The highest BCUT2D eigenvalue weighted by molar-refractivity contribution is 7.17. The largest absolute Gasteiger partial charge is 0.493 e. The summed E-state index contributed by atoms with van der Waals surface area (Å²) in [5, 5.41) is 3.67. The van der Waals surface area contributed by atoms with E-state index >= 15 is 0 Å². The number of benzene rings is 2. The minimum Gasteiger partial charge on any atom is -0.493 e. The van der Waals surface area contributed by atoms with Crippen LogP contribution in [0.2, 0.25) is 0 Å². The molecule has 2 heterocycles. The molecule has 0 radical (unpaired) electrons. The monoisotopic (exact) mass is 519 g/mol. The maximum atomic E-state index is 12.8. The fourth-order valence-corrected chi connectivity index (χ4v) is 5.78. The number of esters is 1. The van der Waals surface area contributed by atoms with E-state index in [-0.39, 0.29) is 18.3 Å². The van der Waals surface area contributed by atoms with Gasteiger partial charge in [0.25, 0.3) is 0 Å². The van der Waals surface area contributed by atoms with Crippen LogP contribution in [0.15, 0.2) is 47.8 Å². The quantitative estimate of drug-likeness (QED) is 0.225. The van der Waals surface area contributed by atoms with Crippen LogP contribution in [0, 0.1) is 6.92 Å². The number of carbonyl (C=O) groups excluding carboxylic acids is 1. The minimum atomic E-state index is -4.36. The van der Waals surface area contributed by atoms with E-state index in [4.69, 9.17) is 14.5 Å². The average molecular weight is 520 g/mol. The van der Waals surface area contributed by atoms with Gasteiger partial charge in [0.2, 0.25) is 0 Å². The van der Waals surface area contributed by atoms with Gasteiger partial charge in [-0.3, -0.25) is 4.79 Å². The molecule has 0 amide bonds. The van der Waals surface area contributed by atoms with Gasteiger partial charge in [0.1, 0.15) is 10.8 Å². The molecule has 4 nitrogen and oxygen atoms in total. The molecular formula is C26H24F3NO3S2. The van der Waals surface area contributed by atoms with Gasteiger partial charge in [0.05, 0.1) is 30.9 Å². The van der Waals surface area contributed by atoms with E-state index in [2.05, 4.69) is 0 Å². The summed E-state index contributed by atoms with van der Waals surface area (Å²) in [5.41, 5.74) is 1.80. The lowest BCUT2D eigenvalue weighted by Gasteiger charge is -2.12. The third-order valence-corrected chi connectivity index (χ3v) is 7.56. The second-order valence-electron chi connectivity index (χ2n) is 8.15. The zero-order valence-electron chi connectivity index (χ0n) is 19.4. The lowest BCUT2D eigenvalue weighted by Crippen LogP contribution is -2.08. The van der Waals surface area contributed by atoms with Crippen molar-refractivity contribution >= 4 is 38.7 Å². The van der Waals surface area contributed by atoms with E-state index in [1.54, 1.807) is 18.3 Å². The van der Waals surface area contributed by atoms with Gasteiger partial charge in [0.15, 0.2) is 0 Å². The summed E-state index contributed by atoms with van der Waals surface area (Å²) in [4.78, 5) is 17.5. The molecule has 0 saturated heterocycles. The van der Waals surface area contributed by atoms with E-state index in [0.717, 1.165) is 44.1 Å². The van der Waals surface area contributed by atoms with Gasteiger partial charge in [-0.05, 0) is 60.5 Å². The van der Waals surface area contributed by atoms with Crippen LogP contribution in [0.1, 0.15) is 41.5 Å². The van der Waals surface area contributed by atoms with E-state index < -0.39 is 11.7 Å². The van der Waals surface area contributed by atoms with E-state index in [0.29, 0.717) is 23.8 Å². The predicted molar refractivity (Wildman–Crippen MR) is 133 cm³/mol. The van der Waals surface area contributed by atoms with Crippen molar-refractivity contribution in [2.24, 2.45) is 0 Å². The summed E-state index contributed by atoms with van der Waals surface area (Å²) in [5.74, 6) is 0.480. The van der Waals surface area contributed by atoms with Crippen molar-refractivity contribution < 1.29 is 27.4 Å². The molecule has 0 bridgehead atoms. The first kappa shape index (κ1) is 25.2. The SMILES string of the molecule is CCOC(=O)Cc1csc2cc(OCC(C)c3nc(-c4ccc(C(F)(F)F)cc4)sc3C)ccc12. The van der Waals surface area contributed by atoms with Crippen molar-refractivity contribution in [2.45, 2.75) is 39.3 Å². The molecule has 4 rings (SSSR count). The van der Waals surface area contributed by atoms with Crippen LogP contribution in [0.3, 0.4) is 0 Å². The number of fused-ring (bicyclic) bond motifs is 1. The van der Waals surface area contributed by atoms with Crippen LogP contribution >= 0.6 is 22.7 Å². The van der Waals surface area contributed by atoms with Gasteiger partial charge < -0.3 is 9.47 Å². The first-order valence-electron chi connectivity index (χ1n) is 11.1. The highest BCUT2D eigenvalue weighted by Gasteiger charge is 2.30. The van der Waals surface area contributed by atoms with Crippen LogP contribution in [0.25, 0.3) is 20.7 Å². The van der Waals surface area contributed by atoms with Gasteiger partial charge in [-0.25, -0.2) is 4.98 Å². The topological polar surface area (TPSA) is 48.4 Å². The Morgan fingerprint density at radius 3 is 2.57 bits per heavy atom. The fourth-order valence-electron chi connectivity index (χ4n) is 3.75. The van der Waals surface area contributed by atoms with Crippen molar-refractivity contribution in [3.05, 3.63) is 69.5 Å². The Morgan fingerprint density at radius 1 is 1.14 bits per heavy atom. The molecule has 0 aliphatic rings. The molecule has 1 atom stereocenters. The molecular weight excluding hydrogens is 495 g/mol. The van der Waals surface area contributed by atoms with Crippen LogP contribution in [0.5, 0.6) is 5.75 Å². The minimum absolute atomic E-state index is 0.00661. The summed E-state index contributed by atoms with van der Waals surface area (Å²) in [7, 11) is 0. The van der Waals surface area contributed by atoms with E-state index in [1.807, 2.05) is 37.4 Å². The number of rotatable bonds is 8. The molecule has 35 heavy (non-hydrogen) atoms. The summed E-state index contributed by atoms with van der Waals surface area (Å²) in [6.07, 6.45) is -4.11. The standard InChI is InChI=1S/C26H24F3NO3S2/c1-4-32-23(31)11-18-14-34-22-12-20(9-10-21(18)22)33-13-15(2)24-16(3)35-25(30-24)17-5-7-19(8-6-17)26(27,28)29/h5-10,12,14-15H,4,11,13H2,1-3H3. The molecule has 2 aromatic heterocycles. The highest BCUT2D eigenvalue weighted by atomic mass is 32.1. The second-order valence-corrected chi connectivity index (χ2v) is 10.3. The smallest absolute Gasteiger partial charge is 0.416 e. The summed E-state index contributed by atoms with van der Waals surface area (Å²) < 4.78 is 50.6. The molecule has 0 spiro atoms. The molecule has 9 heteroatoms. The predicted octanol–water partition coefficient (Wildman–Crippen LogP) is 7.64. The van der Waals surface area contributed by atoms with Crippen molar-refractivity contribution in [2.75, 3.05) is 13.2 Å². The number of nitrogens with zero attached hydrogens (tertiary/aromatic N) is 1. The number of alkyl halides is 3. The van der Waals surface area contributed by atoms with Gasteiger partial charge in [-0.2, -0.15) is 13.2 Å². The Labute approximate surface area is 209 Å². The Kier molecular flexibility index (Phi) is 7.47. The average Bonchev–Trinajstić information content (AvgIpc) is 3.40.